The minimum Gasteiger partial charge on any atom is -0.384 e. The largest absolute Gasteiger partial charge is 0.384 e. The van der Waals surface area contributed by atoms with Gasteiger partial charge in [0.25, 0.3) is 0 Å². The van der Waals surface area contributed by atoms with E-state index in [9.17, 15) is 20.4 Å². The normalized spacial score (nSPS) is 28.7. The third kappa shape index (κ3) is 5.42. The van der Waals surface area contributed by atoms with E-state index in [4.69, 9.17) is 4.74 Å². The van der Waals surface area contributed by atoms with Gasteiger partial charge in [-0.05, 0) is 35.1 Å². The van der Waals surface area contributed by atoms with Crippen LogP contribution in [0.5, 0.6) is 0 Å². The zero-order chi connectivity index (χ0) is 27.3. The summed E-state index contributed by atoms with van der Waals surface area (Å²) in [4.78, 5) is 0. The van der Waals surface area contributed by atoms with Crippen LogP contribution >= 0.6 is 0 Å². The van der Waals surface area contributed by atoms with Crippen molar-refractivity contribution in [3.8, 4) is 0 Å². The maximum atomic E-state index is 12.8. The first-order valence-electron chi connectivity index (χ1n) is 13.5. The number of hydrogen-bond acceptors (Lipinski definition) is 5. The van der Waals surface area contributed by atoms with Crippen molar-refractivity contribution in [2.75, 3.05) is 0 Å². The quantitative estimate of drug-likeness (QED) is 0.263. The van der Waals surface area contributed by atoms with E-state index in [-0.39, 0.29) is 19.3 Å². The van der Waals surface area contributed by atoms with Crippen molar-refractivity contribution in [1.82, 2.24) is 0 Å². The van der Waals surface area contributed by atoms with Gasteiger partial charge in [0.1, 0.15) is 11.2 Å². The summed E-state index contributed by atoms with van der Waals surface area (Å²) in [6.45, 7) is 0. The van der Waals surface area contributed by atoms with Crippen molar-refractivity contribution in [2.24, 2.45) is 0 Å². The molecule has 4 N–H and O–H groups in total. The van der Waals surface area contributed by atoms with Gasteiger partial charge < -0.3 is 25.2 Å². The number of aliphatic hydroxyl groups excluding tert-OH is 1. The Bertz CT molecular complexity index is 1320. The Labute approximate surface area is 230 Å². The summed E-state index contributed by atoms with van der Waals surface area (Å²) in [6.07, 6.45) is -1.96. The molecule has 1 aliphatic heterocycles. The molecule has 0 saturated carbocycles. The monoisotopic (exact) mass is 524 g/mol. The zero-order valence-electron chi connectivity index (χ0n) is 21.9. The SMILES string of the molecule is O[C@@H]1O[C@H](CCc2ccccc2)[C@](O)(Cc2ccccc2)[C@@](O)(Cc2ccccc2)[C@]1(O)Cc1ccccc1. The minimum absolute atomic E-state index is 0.0282. The lowest BCUT2D eigenvalue weighted by atomic mass is 9.59. The van der Waals surface area contributed by atoms with Crippen molar-refractivity contribution < 1.29 is 25.2 Å². The molecule has 202 valence electrons. The molecule has 1 heterocycles. The highest BCUT2D eigenvalue weighted by Gasteiger charge is 2.71. The Kier molecular flexibility index (Phi) is 7.98. The van der Waals surface area contributed by atoms with Gasteiger partial charge in [0, 0.05) is 19.3 Å². The first-order chi connectivity index (χ1) is 18.8. The lowest BCUT2D eigenvalue weighted by Gasteiger charge is -2.60. The van der Waals surface area contributed by atoms with Gasteiger partial charge in [-0.15, -0.1) is 0 Å². The van der Waals surface area contributed by atoms with Gasteiger partial charge in [-0.2, -0.15) is 0 Å². The van der Waals surface area contributed by atoms with E-state index in [2.05, 4.69) is 0 Å². The number of hydrogen-bond donors (Lipinski definition) is 4. The molecule has 0 aliphatic carbocycles. The number of rotatable bonds is 9. The molecule has 5 rings (SSSR count). The predicted molar refractivity (Wildman–Crippen MR) is 151 cm³/mol. The lowest BCUT2D eigenvalue weighted by Crippen LogP contribution is -2.81. The van der Waals surface area contributed by atoms with Crippen molar-refractivity contribution in [1.29, 1.82) is 0 Å². The van der Waals surface area contributed by atoms with Gasteiger partial charge in [-0.3, -0.25) is 0 Å². The number of aryl methyl sites for hydroxylation is 1. The summed E-state index contributed by atoms with van der Waals surface area (Å²) in [5, 5.41) is 49.2. The van der Waals surface area contributed by atoms with E-state index in [0.29, 0.717) is 18.4 Å². The molecule has 0 radical (unpaired) electrons. The number of ether oxygens (including phenoxy) is 1. The fourth-order valence-electron chi connectivity index (χ4n) is 5.98. The molecule has 0 unspecified atom stereocenters. The first kappa shape index (κ1) is 27.3. The molecule has 1 aliphatic rings. The summed E-state index contributed by atoms with van der Waals surface area (Å²) >= 11 is 0. The average molecular weight is 525 g/mol. The van der Waals surface area contributed by atoms with E-state index >= 15 is 0 Å². The molecule has 0 spiro atoms. The van der Waals surface area contributed by atoms with Crippen molar-refractivity contribution in [2.45, 2.75) is 61.3 Å². The topological polar surface area (TPSA) is 90.2 Å². The second kappa shape index (κ2) is 11.4. The van der Waals surface area contributed by atoms with Crippen LogP contribution in [0.2, 0.25) is 0 Å². The molecule has 1 fully saturated rings. The van der Waals surface area contributed by atoms with Crippen molar-refractivity contribution in [3.63, 3.8) is 0 Å². The Morgan fingerprint density at radius 1 is 0.513 bits per heavy atom. The Balaban J connectivity index is 1.62. The molecule has 4 aromatic carbocycles. The average Bonchev–Trinajstić information content (AvgIpc) is 2.96. The van der Waals surface area contributed by atoms with Gasteiger partial charge >= 0.3 is 0 Å². The maximum absolute atomic E-state index is 12.8. The molecule has 39 heavy (non-hydrogen) atoms. The highest BCUT2D eigenvalue weighted by Crippen LogP contribution is 2.50. The van der Waals surface area contributed by atoms with Gasteiger partial charge in [0.15, 0.2) is 11.9 Å². The van der Waals surface area contributed by atoms with Gasteiger partial charge in [-0.25, -0.2) is 0 Å². The lowest BCUT2D eigenvalue weighted by molar-refractivity contribution is -0.393. The summed E-state index contributed by atoms with van der Waals surface area (Å²) in [6, 6.07) is 37.7. The fourth-order valence-corrected chi connectivity index (χ4v) is 5.98. The van der Waals surface area contributed by atoms with Gasteiger partial charge in [0.2, 0.25) is 0 Å². The smallest absolute Gasteiger partial charge is 0.187 e. The van der Waals surface area contributed by atoms with E-state index in [1.165, 1.54) is 0 Å². The zero-order valence-corrected chi connectivity index (χ0v) is 21.9. The minimum atomic E-state index is -2.21. The van der Waals surface area contributed by atoms with Crippen LogP contribution in [0.3, 0.4) is 0 Å². The van der Waals surface area contributed by atoms with Crippen LogP contribution < -0.4 is 0 Å². The van der Waals surface area contributed by atoms with Crippen LogP contribution in [0.15, 0.2) is 121 Å². The Morgan fingerprint density at radius 2 is 0.897 bits per heavy atom. The van der Waals surface area contributed by atoms with Crippen LogP contribution in [0.4, 0.5) is 0 Å². The van der Waals surface area contributed by atoms with Crippen molar-refractivity contribution >= 4 is 0 Å². The first-order valence-corrected chi connectivity index (χ1v) is 13.5. The molecule has 5 nitrogen and oxygen atoms in total. The van der Waals surface area contributed by atoms with Crippen LogP contribution in [0.1, 0.15) is 28.7 Å². The molecule has 5 heteroatoms. The van der Waals surface area contributed by atoms with Crippen LogP contribution in [0.25, 0.3) is 0 Å². The summed E-state index contributed by atoms with van der Waals surface area (Å²) in [7, 11) is 0. The second-order valence-electron chi connectivity index (χ2n) is 10.7. The van der Waals surface area contributed by atoms with Crippen LogP contribution in [-0.4, -0.2) is 49.6 Å². The summed E-state index contributed by atoms with van der Waals surface area (Å²) in [5.41, 5.74) is -3.05. The van der Waals surface area contributed by atoms with E-state index in [1.54, 1.807) is 0 Å². The number of aliphatic hydroxyl groups is 4. The van der Waals surface area contributed by atoms with E-state index in [0.717, 1.165) is 16.7 Å². The summed E-state index contributed by atoms with van der Waals surface area (Å²) < 4.78 is 6.11. The second-order valence-corrected chi connectivity index (χ2v) is 10.7. The van der Waals surface area contributed by atoms with Crippen molar-refractivity contribution in [3.05, 3.63) is 144 Å². The molecule has 0 amide bonds. The van der Waals surface area contributed by atoms with Crippen LogP contribution in [0, 0.1) is 0 Å². The molecule has 5 atom stereocenters. The highest BCUT2D eigenvalue weighted by atomic mass is 16.6. The molecular formula is C34H36O5. The van der Waals surface area contributed by atoms with Gasteiger partial charge in [0.05, 0.1) is 6.10 Å². The third-order valence-electron chi connectivity index (χ3n) is 8.14. The fraction of sp³-hybridized carbons (Fsp3) is 0.294. The van der Waals surface area contributed by atoms with Gasteiger partial charge in [-0.1, -0.05) is 121 Å². The molecule has 0 aromatic heterocycles. The molecular weight excluding hydrogens is 488 g/mol. The standard InChI is InChI=1S/C34H36O5/c35-31-33(37,24-28-17-9-3-10-18-28)34(38,25-29-19-11-4-12-20-29)32(36,23-27-15-7-2-8-16-27)30(39-31)22-21-26-13-5-1-6-14-26/h1-20,30-31,35-38H,21-25H2/t30-,31-,32-,33+,34+/m1/s1. The van der Waals surface area contributed by atoms with E-state index < -0.39 is 29.2 Å². The molecule has 1 saturated heterocycles. The predicted octanol–water partition coefficient (Wildman–Crippen LogP) is 4.26. The van der Waals surface area contributed by atoms with Crippen LogP contribution in [-0.2, 0) is 30.4 Å². The number of benzene rings is 4. The highest BCUT2D eigenvalue weighted by molar-refractivity contribution is 5.32. The summed E-state index contributed by atoms with van der Waals surface area (Å²) in [5.74, 6) is 0. The van der Waals surface area contributed by atoms with E-state index in [1.807, 2.05) is 121 Å². The third-order valence-corrected chi connectivity index (χ3v) is 8.14. The maximum Gasteiger partial charge on any atom is 0.187 e. The Morgan fingerprint density at radius 3 is 1.36 bits per heavy atom. The molecule has 0 bridgehead atoms. The molecule has 4 aromatic rings. The Hall–Kier alpha value is -3.32.